The molecule has 0 saturated carbocycles. The Morgan fingerprint density at radius 1 is 1.21 bits per heavy atom. The highest BCUT2D eigenvalue weighted by Crippen LogP contribution is 2.21. The maximum absolute atomic E-state index is 9.20. The van der Waals surface area contributed by atoms with Gasteiger partial charge in [-0.05, 0) is 12.5 Å². The zero-order valence-electron chi connectivity index (χ0n) is 8.19. The van der Waals surface area contributed by atoms with E-state index in [1.54, 1.807) is 0 Å². The third kappa shape index (κ3) is 1.80. The van der Waals surface area contributed by atoms with Crippen molar-refractivity contribution in [3.63, 3.8) is 0 Å². The zero-order chi connectivity index (χ0) is 9.80. The standard InChI is InChI=1S/C12H15NO/c14-10-11-6-2-3-7-12(11)13-8-4-1-5-9-13/h1-4,6-7,14H,5,8-10H2. The monoisotopic (exact) mass is 189 g/mol. The summed E-state index contributed by atoms with van der Waals surface area (Å²) < 4.78 is 0. The van der Waals surface area contributed by atoms with E-state index in [4.69, 9.17) is 0 Å². The molecule has 0 fully saturated rings. The Kier molecular flexibility index (Phi) is 2.84. The van der Waals surface area contributed by atoms with Crippen LogP contribution in [0.1, 0.15) is 12.0 Å². The number of hydrogen-bond donors (Lipinski definition) is 1. The Morgan fingerprint density at radius 2 is 2.07 bits per heavy atom. The molecule has 1 heterocycles. The van der Waals surface area contributed by atoms with Crippen LogP contribution in [0.15, 0.2) is 36.4 Å². The molecule has 1 aromatic rings. The summed E-state index contributed by atoms with van der Waals surface area (Å²) in [4.78, 5) is 2.30. The number of aliphatic hydroxyl groups is 1. The maximum atomic E-state index is 9.20. The van der Waals surface area contributed by atoms with Crippen molar-refractivity contribution in [2.75, 3.05) is 18.0 Å². The Labute approximate surface area is 84.5 Å². The van der Waals surface area contributed by atoms with Crippen LogP contribution in [0.2, 0.25) is 0 Å². The molecule has 0 saturated heterocycles. The van der Waals surface area contributed by atoms with Crippen molar-refractivity contribution in [3.8, 4) is 0 Å². The van der Waals surface area contributed by atoms with Crippen molar-refractivity contribution < 1.29 is 5.11 Å². The van der Waals surface area contributed by atoms with E-state index in [9.17, 15) is 5.11 Å². The molecular formula is C12H15NO. The Bertz CT molecular complexity index is 333. The van der Waals surface area contributed by atoms with Crippen LogP contribution in [0.5, 0.6) is 0 Å². The summed E-state index contributed by atoms with van der Waals surface area (Å²) in [7, 11) is 0. The van der Waals surface area contributed by atoms with Crippen LogP contribution < -0.4 is 4.90 Å². The second kappa shape index (κ2) is 4.29. The zero-order valence-corrected chi connectivity index (χ0v) is 8.19. The Balaban J connectivity index is 2.25. The molecule has 0 radical (unpaired) electrons. The third-order valence-corrected chi connectivity index (χ3v) is 2.56. The van der Waals surface area contributed by atoms with Gasteiger partial charge in [0.2, 0.25) is 0 Å². The van der Waals surface area contributed by atoms with Crippen molar-refractivity contribution in [1.29, 1.82) is 0 Å². The number of rotatable bonds is 2. The first-order valence-electron chi connectivity index (χ1n) is 5.00. The van der Waals surface area contributed by atoms with E-state index in [-0.39, 0.29) is 6.61 Å². The molecule has 2 rings (SSSR count). The fourth-order valence-corrected chi connectivity index (χ4v) is 1.81. The minimum absolute atomic E-state index is 0.121. The molecular weight excluding hydrogens is 174 g/mol. The van der Waals surface area contributed by atoms with E-state index in [1.807, 2.05) is 18.2 Å². The molecule has 0 spiro atoms. The van der Waals surface area contributed by atoms with E-state index in [0.717, 1.165) is 25.1 Å². The first kappa shape index (κ1) is 9.28. The highest BCUT2D eigenvalue weighted by molar-refractivity contribution is 5.54. The molecule has 74 valence electrons. The lowest BCUT2D eigenvalue weighted by Gasteiger charge is -2.27. The lowest BCUT2D eigenvalue weighted by atomic mass is 10.1. The van der Waals surface area contributed by atoms with Gasteiger partial charge in [-0.25, -0.2) is 0 Å². The van der Waals surface area contributed by atoms with Gasteiger partial charge in [0.1, 0.15) is 0 Å². The molecule has 1 N–H and O–H groups in total. The topological polar surface area (TPSA) is 23.5 Å². The Morgan fingerprint density at radius 3 is 2.79 bits per heavy atom. The van der Waals surface area contributed by atoms with E-state index in [0.29, 0.717) is 0 Å². The van der Waals surface area contributed by atoms with Crippen LogP contribution in [0.4, 0.5) is 5.69 Å². The molecule has 0 amide bonds. The van der Waals surface area contributed by atoms with Gasteiger partial charge < -0.3 is 10.0 Å². The van der Waals surface area contributed by atoms with Crippen molar-refractivity contribution in [3.05, 3.63) is 42.0 Å². The second-order valence-electron chi connectivity index (χ2n) is 3.49. The van der Waals surface area contributed by atoms with Crippen molar-refractivity contribution in [2.45, 2.75) is 13.0 Å². The molecule has 1 aromatic carbocycles. The van der Waals surface area contributed by atoms with Gasteiger partial charge in [-0.3, -0.25) is 0 Å². The normalized spacial score (nSPS) is 15.9. The van der Waals surface area contributed by atoms with Gasteiger partial charge in [0, 0.05) is 24.3 Å². The van der Waals surface area contributed by atoms with Gasteiger partial charge in [0.15, 0.2) is 0 Å². The smallest absolute Gasteiger partial charge is 0.0702 e. The predicted molar refractivity (Wildman–Crippen MR) is 58.3 cm³/mol. The molecule has 2 heteroatoms. The van der Waals surface area contributed by atoms with E-state index in [2.05, 4.69) is 23.1 Å². The molecule has 0 aliphatic carbocycles. The van der Waals surface area contributed by atoms with Crippen molar-refractivity contribution in [1.82, 2.24) is 0 Å². The summed E-state index contributed by atoms with van der Waals surface area (Å²) in [5, 5.41) is 9.20. The van der Waals surface area contributed by atoms with E-state index < -0.39 is 0 Å². The summed E-state index contributed by atoms with van der Waals surface area (Å²) in [6, 6.07) is 8.04. The number of aliphatic hydroxyl groups excluding tert-OH is 1. The number of para-hydroxylation sites is 1. The van der Waals surface area contributed by atoms with Gasteiger partial charge >= 0.3 is 0 Å². The van der Waals surface area contributed by atoms with Gasteiger partial charge in [-0.15, -0.1) is 0 Å². The van der Waals surface area contributed by atoms with Crippen LogP contribution in [0.3, 0.4) is 0 Å². The molecule has 1 aliphatic rings. The fourth-order valence-electron chi connectivity index (χ4n) is 1.81. The quantitative estimate of drug-likeness (QED) is 0.719. The molecule has 1 aliphatic heterocycles. The first-order chi connectivity index (χ1) is 6.92. The van der Waals surface area contributed by atoms with Crippen molar-refractivity contribution >= 4 is 5.69 Å². The molecule has 0 unspecified atom stereocenters. The average molecular weight is 189 g/mol. The fraction of sp³-hybridized carbons (Fsp3) is 0.333. The van der Waals surface area contributed by atoms with E-state index >= 15 is 0 Å². The van der Waals surface area contributed by atoms with Crippen LogP contribution in [0, 0.1) is 0 Å². The largest absolute Gasteiger partial charge is 0.392 e. The predicted octanol–water partition coefficient (Wildman–Crippen LogP) is 1.95. The summed E-state index contributed by atoms with van der Waals surface area (Å²) in [5.74, 6) is 0. The summed E-state index contributed by atoms with van der Waals surface area (Å²) >= 11 is 0. The second-order valence-corrected chi connectivity index (χ2v) is 3.49. The van der Waals surface area contributed by atoms with Gasteiger partial charge in [0.05, 0.1) is 6.61 Å². The average Bonchev–Trinajstić information content (AvgIpc) is 2.30. The summed E-state index contributed by atoms with van der Waals surface area (Å²) in [6.45, 7) is 2.13. The first-order valence-corrected chi connectivity index (χ1v) is 5.00. The molecule has 0 bridgehead atoms. The summed E-state index contributed by atoms with van der Waals surface area (Å²) in [5.41, 5.74) is 2.18. The number of benzene rings is 1. The van der Waals surface area contributed by atoms with Crippen LogP contribution in [-0.4, -0.2) is 18.2 Å². The van der Waals surface area contributed by atoms with Gasteiger partial charge in [-0.2, -0.15) is 0 Å². The maximum Gasteiger partial charge on any atom is 0.0702 e. The van der Waals surface area contributed by atoms with E-state index in [1.165, 1.54) is 5.69 Å². The molecule has 14 heavy (non-hydrogen) atoms. The number of anilines is 1. The van der Waals surface area contributed by atoms with Gasteiger partial charge in [0.25, 0.3) is 0 Å². The molecule has 2 nitrogen and oxygen atoms in total. The number of hydrogen-bond acceptors (Lipinski definition) is 2. The SMILES string of the molecule is OCc1ccccc1N1CC=CCC1. The third-order valence-electron chi connectivity index (χ3n) is 2.56. The van der Waals surface area contributed by atoms with Crippen LogP contribution >= 0.6 is 0 Å². The molecule has 0 atom stereocenters. The highest BCUT2D eigenvalue weighted by atomic mass is 16.3. The summed E-state index contributed by atoms with van der Waals surface area (Å²) in [6.07, 6.45) is 5.48. The minimum atomic E-state index is 0.121. The molecule has 0 aromatic heterocycles. The van der Waals surface area contributed by atoms with Crippen LogP contribution in [0.25, 0.3) is 0 Å². The lowest BCUT2D eigenvalue weighted by Crippen LogP contribution is -2.27. The minimum Gasteiger partial charge on any atom is -0.392 e. The Hall–Kier alpha value is -1.28. The number of nitrogens with zero attached hydrogens (tertiary/aromatic N) is 1. The van der Waals surface area contributed by atoms with Gasteiger partial charge in [-0.1, -0.05) is 30.4 Å². The van der Waals surface area contributed by atoms with Crippen LogP contribution in [-0.2, 0) is 6.61 Å². The lowest BCUT2D eigenvalue weighted by molar-refractivity contribution is 0.282. The van der Waals surface area contributed by atoms with Crippen molar-refractivity contribution in [2.24, 2.45) is 0 Å². The highest BCUT2D eigenvalue weighted by Gasteiger charge is 2.10.